The molecule has 0 aromatic carbocycles. The largest absolute Gasteiger partial charge is 0.381 e. The molecule has 1 N–H and O–H groups in total. The van der Waals surface area contributed by atoms with E-state index in [0.29, 0.717) is 5.70 Å². The number of carbonyl (C=O) groups is 1. The van der Waals surface area contributed by atoms with E-state index >= 15 is 0 Å². The third-order valence-corrected chi connectivity index (χ3v) is 4.68. The summed E-state index contributed by atoms with van der Waals surface area (Å²) in [4.78, 5) is 16.9. The van der Waals surface area contributed by atoms with Crippen LogP contribution in [0, 0.1) is 5.92 Å². The predicted octanol–water partition coefficient (Wildman–Crippen LogP) is 3.62. The van der Waals surface area contributed by atoms with Crippen LogP contribution in [0.5, 0.6) is 0 Å². The molecule has 124 valence electrons. The van der Waals surface area contributed by atoms with Crippen LogP contribution in [0.4, 0.5) is 0 Å². The summed E-state index contributed by atoms with van der Waals surface area (Å²) < 4.78 is 5.32. The second-order valence-corrected chi connectivity index (χ2v) is 6.59. The maximum absolute atomic E-state index is 12.3. The number of allylic oxidation sites excluding steroid dienone is 1. The number of carbonyl (C=O) groups excluding carboxylic acids is 1. The minimum absolute atomic E-state index is 0.0441. The number of ether oxygens (including phenoxy) is 1. The van der Waals surface area contributed by atoms with Crippen LogP contribution < -0.4 is 5.32 Å². The Labute approximate surface area is 134 Å². The molecule has 0 aromatic heterocycles. The summed E-state index contributed by atoms with van der Waals surface area (Å²) in [5.74, 6) is 0.714. The first-order chi connectivity index (χ1) is 10.7. The van der Waals surface area contributed by atoms with E-state index in [2.05, 4.69) is 17.2 Å². The maximum atomic E-state index is 12.3. The zero-order chi connectivity index (χ0) is 15.8. The number of amides is 1. The van der Waals surface area contributed by atoms with Crippen molar-refractivity contribution in [2.45, 2.75) is 71.3 Å². The fourth-order valence-corrected chi connectivity index (χ4v) is 3.41. The molecule has 4 heteroatoms. The second-order valence-electron chi connectivity index (χ2n) is 6.59. The molecule has 1 saturated carbocycles. The highest BCUT2D eigenvalue weighted by molar-refractivity contribution is 5.97. The van der Waals surface area contributed by atoms with Crippen LogP contribution in [-0.2, 0) is 9.53 Å². The van der Waals surface area contributed by atoms with Crippen molar-refractivity contribution in [3.8, 4) is 0 Å². The lowest BCUT2D eigenvalue weighted by Crippen LogP contribution is -2.39. The zero-order valence-corrected chi connectivity index (χ0v) is 14.1. The van der Waals surface area contributed by atoms with Crippen molar-refractivity contribution >= 4 is 11.6 Å². The average molecular weight is 306 g/mol. The van der Waals surface area contributed by atoms with Crippen LogP contribution in [0.15, 0.2) is 16.8 Å². The summed E-state index contributed by atoms with van der Waals surface area (Å²) in [6.45, 7) is 5.41. The van der Waals surface area contributed by atoms with Crippen LogP contribution in [0.1, 0.15) is 65.2 Å². The number of hydrogen-bond acceptors (Lipinski definition) is 3. The summed E-state index contributed by atoms with van der Waals surface area (Å²) in [6, 6.07) is 0.227. The molecule has 0 aromatic rings. The van der Waals surface area contributed by atoms with Crippen LogP contribution in [0.2, 0.25) is 0 Å². The molecule has 22 heavy (non-hydrogen) atoms. The topological polar surface area (TPSA) is 50.7 Å². The van der Waals surface area contributed by atoms with Crippen molar-refractivity contribution in [2.24, 2.45) is 10.9 Å². The lowest BCUT2D eigenvalue weighted by molar-refractivity contribution is -0.118. The highest BCUT2D eigenvalue weighted by Crippen LogP contribution is 2.26. The van der Waals surface area contributed by atoms with Gasteiger partial charge in [-0.25, -0.2) is 0 Å². The van der Waals surface area contributed by atoms with E-state index in [-0.39, 0.29) is 11.9 Å². The van der Waals surface area contributed by atoms with Crippen molar-refractivity contribution in [1.29, 1.82) is 0 Å². The molecule has 0 radical (unpaired) electrons. The lowest BCUT2D eigenvalue weighted by Gasteiger charge is -2.23. The summed E-state index contributed by atoms with van der Waals surface area (Å²) in [5, 5.41) is 3.08. The van der Waals surface area contributed by atoms with Gasteiger partial charge in [0.2, 0.25) is 0 Å². The number of nitrogens with zero attached hydrogens (tertiary/aromatic N) is 1. The molecule has 2 rings (SSSR count). The van der Waals surface area contributed by atoms with E-state index in [1.54, 1.807) is 0 Å². The molecule has 2 aliphatic rings. The third kappa shape index (κ3) is 5.56. The molecular formula is C18H30N2O2. The van der Waals surface area contributed by atoms with E-state index in [1.807, 2.05) is 13.0 Å². The predicted molar refractivity (Wildman–Crippen MR) is 90.0 cm³/mol. The van der Waals surface area contributed by atoms with Crippen molar-refractivity contribution < 1.29 is 9.53 Å². The first kappa shape index (κ1) is 17.2. The molecular weight excluding hydrogens is 276 g/mol. The number of rotatable bonds is 5. The highest BCUT2D eigenvalue weighted by Gasteiger charge is 2.19. The number of hydrogen-bond donors (Lipinski definition) is 1. The monoisotopic (exact) mass is 306 g/mol. The van der Waals surface area contributed by atoms with Gasteiger partial charge in [0.05, 0.1) is 0 Å². The van der Waals surface area contributed by atoms with E-state index in [0.717, 1.165) is 44.1 Å². The maximum Gasteiger partial charge on any atom is 0.269 e. The van der Waals surface area contributed by atoms with Crippen LogP contribution in [0.3, 0.4) is 0 Å². The Balaban J connectivity index is 1.86. The zero-order valence-electron chi connectivity index (χ0n) is 14.1. The van der Waals surface area contributed by atoms with Gasteiger partial charge < -0.3 is 10.1 Å². The molecule has 1 heterocycles. The van der Waals surface area contributed by atoms with E-state index < -0.39 is 0 Å². The van der Waals surface area contributed by atoms with Crippen molar-refractivity contribution in [3.63, 3.8) is 0 Å². The molecule has 0 atom stereocenters. The first-order valence-corrected chi connectivity index (χ1v) is 8.78. The molecule has 1 amide bonds. The molecule has 1 aliphatic heterocycles. The van der Waals surface area contributed by atoms with Crippen molar-refractivity contribution in [3.05, 3.63) is 11.8 Å². The number of nitrogens with one attached hydrogen (secondary N) is 1. The van der Waals surface area contributed by atoms with Gasteiger partial charge in [0.1, 0.15) is 5.70 Å². The van der Waals surface area contributed by atoms with Crippen molar-refractivity contribution in [1.82, 2.24) is 5.32 Å². The Kier molecular flexibility index (Phi) is 7.10. The van der Waals surface area contributed by atoms with Gasteiger partial charge >= 0.3 is 0 Å². The molecule has 0 spiro atoms. The van der Waals surface area contributed by atoms with Crippen LogP contribution >= 0.6 is 0 Å². The van der Waals surface area contributed by atoms with E-state index in [1.165, 1.54) is 32.1 Å². The van der Waals surface area contributed by atoms with Gasteiger partial charge in [0, 0.05) is 25.0 Å². The fourth-order valence-electron chi connectivity index (χ4n) is 3.41. The van der Waals surface area contributed by atoms with E-state index in [9.17, 15) is 4.79 Å². The second kappa shape index (κ2) is 9.09. The summed E-state index contributed by atoms with van der Waals surface area (Å²) in [7, 11) is 0. The fraction of sp³-hybridized carbons (Fsp3) is 0.778. The van der Waals surface area contributed by atoms with Gasteiger partial charge in [0.25, 0.3) is 5.91 Å². The minimum atomic E-state index is -0.0441. The Morgan fingerprint density at radius 1 is 1.18 bits per heavy atom. The van der Waals surface area contributed by atoms with Gasteiger partial charge in [-0.2, -0.15) is 0 Å². The SMILES string of the molecule is C/C=C(/N=C(C)CC1CCCCC1)C(=O)NC1CCOCC1. The van der Waals surface area contributed by atoms with Gasteiger partial charge in [0.15, 0.2) is 0 Å². The standard InChI is InChI=1S/C18H30N2O2/c1-3-17(18(21)20-16-9-11-22-12-10-16)19-14(2)13-15-7-5-4-6-8-15/h3,15-16H,4-13H2,1-2H3,(H,20,21)/b17-3+,19-14?. The number of aliphatic imine (C=N–C) groups is 1. The Morgan fingerprint density at radius 2 is 1.86 bits per heavy atom. The lowest BCUT2D eigenvalue weighted by atomic mass is 9.86. The summed E-state index contributed by atoms with van der Waals surface area (Å²) >= 11 is 0. The van der Waals surface area contributed by atoms with E-state index in [4.69, 9.17) is 4.74 Å². The first-order valence-electron chi connectivity index (χ1n) is 8.78. The summed E-state index contributed by atoms with van der Waals surface area (Å²) in [5.41, 5.74) is 1.64. The normalized spacial score (nSPS) is 22.6. The molecule has 1 saturated heterocycles. The third-order valence-electron chi connectivity index (χ3n) is 4.68. The minimum Gasteiger partial charge on any atom is -0.381 e. The van der Waals surface area contributed by atoms with Gasteiger partial charge in [-0.05, 0) is 39.0 Å². The molecule has 1 aliphatic carbocycles. The molecule has 0 bridgehead atoms. The van der Waals surface area contributed by atoms with Gasteiger partial charge in [-0.15, -0.1) is 0 Å². The quantitative estimate of drug-likeness (QED) is 0.623. The molecule has 4 nitrogen and oxygen atoms in total. The van der Waals surface area contributed by atoms with Crippen LogP contribution in [-0.4, -0.2) is 30.9 Å². The molecule has 0 unspecified atom stereocenters. The average Bonchev–Trinajstić information content (AvgIpc) is 2.54. The van der Waals surface area contributed by atoms with Gasteiger partial charge in [-0.3, -0.25) is 9.79 Å². The van der Waals surface area contributed by atoms with Crippen LogP contribution in [0.25, 0.3) is 0 Å². The molecule has 2 fully saturated rings. The Hall–Kier alpha value is -1.16. The Morgan fingerprint density at radius 3 is 2.50 bits per heavy atom. The smallest absolute Gasteiger partial charge is 0.269 e. The Bertz CT molecular complexity index is 417. The van der Waals surface area contributed by atoms with Gasteiger partial charge in [-0.1, -0.05) is 38.2 Å². The summed E-state index contributed by atoms with van der Waals surface area (Å²) in [6.07, 6.45) is 11.3. The van der Waals surface area contributed by atoms with Crippen molar-refractivity contribution in [2.75, 3.05) is 13.2 Å². The highest BCUT2D eigenvalue weighted by atomic mass is 16.5.